The van der Waals surface area contributed by atoms with Gasteiger partial charge in [-0.2, -0.15) is 0 Å². The molecule has 2 heterocycles. The third-order valence-electron chi connectivity index (χ3n) is 4.75. The standard InChI is InChI=1S/C19H27N3O3/c1-14(2)13-16(20-19(24)21-9-11-25-12-10-21)18(23)22-8-7-15-5-3-4-6-17(15)22/h3-6,14,16H,7-13H2,1-2H3,(H,20,24)/t16-/m1/s1. The number of rotatable bonds is 4. The first-order valence-corrected chi connectivity index (χ1v) is 9.08. The van der Waals surface area contributed by atoms with Crippen molar-refractivity contribution in [1.82, 2.24) is 10.2 Å². The van der Waals surface area contributed by atoms with Crippen LogP contribution in [0.25, 0.3) is 0 Å². The molecule has 1 aromatic carbocycles. The van der Waals surface area contributed by atoms with Crippen LogP contribution in [0.4, 0.5) is 10.5 Å². The topological polar surface area (TPSA) is 61.9 Å². The summed E-state index contributed by atoms with van der Waals surface area (Å²) >= 11 is 0. The van der Waals surface area contributed by atoms with Crippen molar-refractivity contribution >= 4 is 17.6 Å². The largest absolute Gasteiger partial charge is 0.378 e. The zero-order valence-corrected chi connectivity index (χ0v) is 15.0. The number of carbonyl (C=O) groups is 2. The average Bonchev–Trinajstić information content (AvgIpc) is 3.05. The number of nitrogens with one attached hydrogen (secondary N) is 1. The summed E-state index contributed by atoms with van der Waals surface area (Å²) in [6.45, 7) is 7.06. The van der Waals surface area contributed by atoms with Crippen LogP contribution in [0.2, 0.25) is 0 Å². The van der Waals surface area contributed by atoms with E-state index >= 15 is 0 Å². The molecule has 1 aromatic rings. The first-order chi connectivity index (χ1) is 12.1. The van der Waals surface area contributed by atoms with Gasteiger partial charge in [0.1, 0.15) is 6.04 Å². The van der Waals surface area contributed by atoms with Crippen LogP contribution in [0, 0.1) is 5.92 Å². The summed E-state index contributed by atoms with van der Waals surface area (Å²) in [5.41, 5.74) is 2.17. The number of fused-ring (bicyclic) bond motifs is 1. The highest BCUT2D eigenvalue weighted by molar-refractivity contribution is 6.00. The molecule has 1 N–H and O–H groups in total. The van der Waals surface area contributed by atoms with E-state index in [1.807, 2.05) is 23.1 Å². The SMILES string of the molecule is CC(C)C[C@@H](NC(=O)N1CCOCC1)C(=O)N1CCc2ccccc21. The number of para-hydroxylation sites is 1. The minimum absolute atomic E-state index is 0.0136. The molecule has 0 aromatic heterocycles. The number of nitrogens with zero attached hydrogens (tertiary/aromatic N) is 2. The van der Waals surface area contributed by atoms with E-state index in [4.69, 9.17) is 4.74 Å². The maximum absolute atomic E-state index is 13.1. The van der Waals surface area contributed by atoms with Gasteiger partial charge in [-0.25, -0.2) is 4.79 Å². The number of hydrogen-bond donors (Lipinski definition) is 1. The van der Waals surface area contributed by atoms with Gasteiger partial charge in [0.25, 0.3) is 0 Å². The molecule has 0 aliphatic carbocycles. The van der Waals surface area contributed by atoms with Crippen molar-refractivity contribution in [2.75, 3.05) is 37.7 Å². The maximum atomic E-state index is 13.1. The van der Waals surface area contributed by atoms with Crippen molar-refractivity contribution in [3.8, 4) is 0 Å². The van der Waals surface area contributed by atoms with E-state index in [0.717, 1.165) is 12.1 Å². The van der Waals surface area contributed by atoms with Gasteiger partial charge >= 0.3 is 6.03 Å². The van der Waals surface area contributed by atoms with Crippen LogP contribution in [-0.2, 0) is 16.0 Å². The summed E-state index contributed by atoms with van der Waals surface area (Å²) in [6, 6.07) is 7.33. The molecule has 0 bridgehead atoms. The molecule has 1 atom stereocenters. The Morgan fingerprint density at radius 1 is 1.16 bits per heavy atom. The van der Waals surface area contributed by atoms with E-state index in [1.54, 1.807) is 4.90 Å². The molecule has 3 amide bonds. The Morgan fingerprint density at radius 3 is 2.60 bits per heavy atom. The second-order valence-electron chi connectivity index (χ2n) is 7.10. The van der Waals surface area contributed by atoms with Crippen LogP contribution < -0.4 is 10.2 Å². The smallest absolute Gasteiger partial charge is 0.318 e. The predicted molar refractivity (Wildman–Crippen MR) is 96.7 cm³/mol. The lowest BCUT2D eigenvalue weighted by Crippen LogP contribution is -2.54. The van der Waals surface area contributed by atoms with E-state index in [-0.39, 0.29) is 11.9 Å². The fourth-order valence-corrected chi connectivity index (χ4v) is 3.45. The zero-order valence-electron chi connectivity index (χ0n) is 15.0. The number of amides is 3. The van der Waals surface area contributed by atoms with E-state index in [0.29, 0.717) is 45.2 Å². The monoisotopic (exact) mass is 345 g/mol. The molecule has 6 heteroatoms. The van der Waals surface area contributed by atoms with Crippen LogP contribution in [-0.4, -0.2) is 55.7 Å². The number of carbonyl (C=O) groups excluding carboxylic acids is 2. The molecule has 3 rings (SSSR count). The number of hydrogen-bond acceptors (Lipinski definition) is 3. The van der Waals surface area contributed by atoms with Gasteiger partial charge in [0.2, 0.25) is 5.91 Å². The van der Waals surface area contributed by atoms with Gasteiger partial charge in [-0.1, -0.05) is 32.0 Å². The first-order valence-electron chi connectivity index (χ1n) is 9.08. The summed E-state index contributed by atoms with van der Waals surface area (Å²) < 4.78 is 5.29. The quantitative estimate of drug-likeness (QED) is 0.908. The maximum Gasteiger partial charge on any atom is 0.318 e. The lowest BCUT2D eigenvalue weighted by molar-refractivity contribution is -0.120. The van der Waals surface area contributed by atoms with E-state index < -0.39 is 6.04 Å². The van der Waals surface area contributed by atoms with Crippen LogP contribution in [0.3, 0.4) is 0 Å². The minimum Gasteiger partial charge on any atom is -0.378 e. The Hall–Kier alpha value is -2.08. The number of morpholine rings is 1. The van der Waals surface area contributed by atoms with Crippen molar-refractivity contribution in [2.24, 2.45) is 5.92 Å². The third kappa shape index (κ3) is 4.12. The van der Waals surface area contributed by atoms with Crippen LogP contribution >= 0.6 is 0 Å². The van der Waals surface area contributed by atoms with Crippen molar-refractivity contribution in [2.45, 2.75) is 32.7 Å². The fraction of sp³-hybridized carbons (Fsp3) is 0.579. The van der Waals surface area contributed by atoms with Gasteiger partial charge in [0, 0.05) is 25.3 Å². The number of benzene rings is 1. The fourth-order valence-electron chi connectivity index (χ4n) is 3.45. The Kier molecular flexibility index (Phi) is 5.58. The lowest BCUT2D eigenvalue weighted by atomic mass is 10.0. The average molecular weight is 345 g/mol. The lowest BCUT2D eigenvalue weighted by Gasteiger charge is -2.31. The predicted octanol–water partition coefficient (Wildman–Crippen LogP) is 2.03. The molecule has 25 heavy (non-hydrogen) atoms. The van der Waals surface area contributed by atoms with Gasteiger partial charge < -0.3 is 19.9 Å². The summed E-state index contributed by atoms with van der Waals surface area (Å²) in [7, 11) is 0. The van der Waals surface area contributed by atoms with Gasteiger partial charge in [-0.3, -0.25) is 4.79 Å². The highest BCUT2D eigenvalue weighted by Gasteiger charge is 2.32. The Labute approximate surface area is 149 Å². The van der Waals surface area contributed by atoms with E-state index in [1.165, 1.54) is 5.56 Å². The van der Waals surface area contributed by atoms with E-state index in [2.05, 4.69) is 25.2 Å². The summed E-state index contributed by atoms with van der Waals surface area (Å²) in [5, 5.41) is 2.97. The molecule has 136 valence electrons. The molecular weight excluding hydrogens is 318 g/mol. The van der Waals surface area contributed by atoms with Gasteiger partial charge in [-0.15, -0.1) is 0 Å². The number of urea groups is 1. The van der Waals surface area contributed by atoms with Crippen LogP contribution in [0.5, 0.6) is 0 Å². The van der Waals surface area contributed by atoms with Gasteiger partial charge in [0.05, 0.1) is 13.2 Å². The molecule has 0 radical (unpaired) electrons. The number of anilines is 1. The van der Waals surface area contributed by atoms with Crippen molar-refractivity contribution in [3.05, 3.63) is 29.8 Å². The minimum atomic E-state index is -0.499. The van der Waals surface area contributed by atoms with Crippen molar-refractivity contribution in [3.63, 3.8) is 0 Å². The molecule has 6 nitrogen and oxygen atoms in total. The number of ether oxygens (including phenoxy) is 1. The zero-order chi connectivity index (χ0) is 17.8. The highest BCUT2D eigenvalue weighted by Crippen LogP contribution is 2.28. The van der Waals surface area contributed by atoms with Gasteiger partial charge in [-0.05, 0) is 30.4 Å². The molecule has 2 aliphatic rings. The highest BCUT2D eigenvalue weighted by atomic mass is 16.5. The molecule has 1 fully saturated rings. The second kappa shape index (κ2) is 7.87. The molecular formula is C19H27N3O3. The Balaban J connectivity index is 1.71. The molecule has 0 unspecified atom stereocenters. The molecule has 0 saturated carbocycles. The normalized spacial score (nSPS) is 18.2. The first kappa shape index (κ1) is 17.7. The van der Waals surface area contributed by atoms with Crippen molar-refractivity contribution < 1.29 is 14.3 Å². The van der Waals surface area contributed by atoms with Gasteiger partial charge in [0.15, 0.2) is 0 Å². The Morgan fingerprint density at radius 2 is 1.88 bits per heavy atom. The van der Waals surface area contributed by atoms with Crippen LogP contribution in [0.1, 0.15) is 25.8 Å². The molecule has 2 aliphatic heterocycles. The van der Waals surface area contributed by atoms with Crippen molar-refractivity contribution in [1.29, 1.82) is 0 Å². The summed E-state index contributed by atoms with van der Waals surface area (Å²) in [5.74, 6) is 0.303. The van der Waals surface area contributed by atoms with E-state index in [9.17, 15) is 9.59 Å². The third-order valence-corrected chi connectivity index (χ3v) is 4.75. The van der Waals surface area contributed by atoms with Crippen LogP contribution in [0.15, 0.2) is 24.3 Å². The summed E-state index contributed by atoms with van der Waals surface area (Å²) in [6.07, 6.45) is 1.50. The Bertz CT molecular complexity index is 626. The molecule has 1 saturated heterocycles. The molecule has 0 spiro atoms. The summed E-state index contributed by atoms with van der Waals surface area (Å²) in [4.78, 5) is 29.2. The second-order valence-corrected chi connectivity index (χ2v) is 7.10.